The van der Waals surface area contributed by atoms with Crippen LogP contribution in [-0.2, 0) is 17.1 Å². The number of halogens is 2. The van der Waals surface area contributed by atoms with Gasteiger partial charge in [-0.3, -0.25) is 4.68 Å². The number of hydrogen-bond donors (Lipinski definition) is 1. The van der Waals surface area contributed by atoms with Crippen molar-refractivity contribution in [3.63, 3.8) is 0 Å². The first kappa shape index (κ1) is 13.3. The van der Waals surface area contributed by atoms with Crippen molar-refractivity contribution in [1.29, 1.82) is 0 Å². The highest BCUT2D eigenvalue weighted by Crippen LogP contribution is 2.28. The predicted molar refractivity (Wildman–Crippen MR) is 68.9 cm³/mol. The Balaban J connectivity index is 2.25. The van der Waals surface area contributed by atoms with E-state index in [0.29, 0.717) is 0 Å². The second kappa shape index (κ2) is 4.87. The molecule has 0 aliphatic heterocycles. The van der Waals surface area contributed by atoms with Crippen molar-refractivity contribution in [2.24, 2.45) is 7.05 Å². The summed E-state index contributed by atoms with van der Waals surface area (Å²) in [5, 5.41) is 3.99. The summed E-state index contributed by atoms with van der Waals surface area (Å²) < 4.78 is 28.3. The molecule has 8 heteroatoms. The maximum atomic E-state index is 12.2. The lowest BCUT2D eigenvalue weighted by Gasteiger charge is -2.16. The van der Waals surface area contributed by atoms with Crippen LogP contribution in [0.3, 0.4) is 0 Å². The van der Waals surface area contributed by atoms with Crippen LogP contribution in [0.25, 0.3) is 0 Å². The third-order valence-corrected chi connectivity index (χ3v) is 5.93. The maximum absolute atomic E-state index is 12.2. The van der Waals surface area contributed by atoms with E-state index in [0.717, 1.165) is 19.3 Å². The maximum Gasteiger partial charge on any atom is 0.259 e. The number of nitrogens with one attached hydrogen (secondary N) is 1. The second-order valence-electron chi connectivity index (χ2n) is 4.10. The van der Waals surface area contributed by atoms with E-state index in [2.05, 4.69) is 25.8 Å². The SMILES string of the molecule is Cn1ncc(Cl)c1S(=O)(=O)NC1CCCC1Br. The van der Waals surface area contributed by atoms with Gasteiger partial charge in [-0.15, -0.1) is 0 Å². The number of aryl methyl sites for hydroxylation is 1. The van der Waals surface area contributed by atoms with Crippen molar-refractivity contribution in [2.75, 3.05) is 0 Å². The standard InChI is InChI=1S/C9H13BrClN3O2S/c1-14-9(7(11)5-12-14)17(15,16)13-8-4-2-3-6(8)10/h5-6,8,13H,2-4H2,1H3. The van der Waals surface area contributed by atoms with E-state index in [4.69, 9.17) is 11.6 Å². The van der Waals surface area contributed by atoms with Gasteiger partial charge in [0.25, 0.3) is 10.0 Å². The molecule has 1 aliphatic carbocycles. The first-order chi connectivity index (χ1) is 7.92. The minimum atomic E-state index is -3.61. The Labute approximate surface area is 114 Å². The molecule has 0 aromatic carbocycles. The van der Waals surface area contributed by atoms with Crippen LogP contribution >= 0.6 is 27.5 Å². The first-order valence-electron chi connectivity index (χ1n) is 5.25. The quantitative estimate of drug-likeness (QED) is 0.850. The Kier molecular flexibility index (Phi) is 3.82. The van der Waals surface area contributed by atoms with Crippen molar-refractivity contribution in [1.82, 2.24) is 14.5 Å². The molecule has 0 amide bonds. The molecule has 1 heterocycles. The fourth-order valence-corrected chi connectivity index (χ4v) is 4.87. The molecule has 1 aromatic rings. The first-order valence-corrected chi connectivity index (χ1v) is 8.03. The zero-order chi connectivity index (χ0) is 12.6. The number of nitrogens with zero attached hydrogens (tertiary/aromatic N) is 2. The van der Waals surface area contributed by atoms with E-state index in [9.17, 15) is 8.42 Å². The highest BCUT2D eigenvalue weighted by Gasteiger charge is 2.32. The van der Waals surface area contributed by atoms with Gasteiger partial charge in [0, 0.05) is 17.9 Å². The van der Waals surface area contributed by atoms with Gasteiger partial charge in [-0.25, -0.2) is 13.1 Å². The number of rotatable bonds is 3. The Bertz CT molecular complexity index is 497. The Morgan fingerprint density at radius 3 is 2.76 bits per heavy atom. The largest absolute Gasteiger partial charge is 0.259 e. The summed E-state index contributed by atoms with van der Waals surface area (Å²) >= 11 is 9.31. The highest BCUT2D eigenvalue weighted by atomic mass is 79.9. The number of sulfonamides is 1. The zero-order valence-electron chi connectivity index (χ0n) is 9.23. The molecule has 2 rings (SSSR count). The smallest absolute Gasteiger partial charge is 0.255 e. The number of aromatic nitrogens is 2. The van der Waals surface area contributed by atoms with Gasteiger partial charge in [-0.05, 0) is 12.8 Å². The fourth-order valence-electron chi connectivity index (χ4n) is 2.00. The van der Waals surface area contributed by atoms with Crippen molar-refractivity contribution in [2.45, 2.75) is 35.2 Å². The molecule has 1 aromatic heterocycles. The lowest BCUT2D eigenvalue weighted by atomic mass is 10.3. The molecule has 1 fully saturated rings. The van der Waals surface area contributed by atoms with Gasteiger partial charge < -0.3 is 0 Å². The molecule has 0 bridgehead atoms. The Morgan fingerprint density at radius 1 is 1.59 bits per heavy atom. The van der Waals surface area contributed by atoms with Crippen LogP contribution in [0.15, 0.2) is 11.2 Å². The molecule has 17 heavy (non-hydrogen) atoms. The highest BCUT2D eigenvalue weighted by molar-refractivity contribution is 9.09. The molecular weight excluding hydrogens is 330 g/mol. The van der Waals surface area contributed by atoms with Gasteiger partial charge >= 0.3 is 0 Å². The monoisotopic (exact) mass is 341 g/mol. The lowest BCUT2D eigenvalue weighted by Crippen LogP contribution is -2.38. The summed E-state index contributed by atoms with van der Waals surface area (Å²) in [6.07, 6.45) is 4.16. The van der Waals surface area contributed by atoms with E-state index in [1.807, 2.05) is 0 Å². The average molecular weight is 343 g/mol. The van der Waals surface area contributed by atoms with Gasteiger partial charge in [0.15, 0.2) is 5.03 Å². The van der Waals surface area contributed by atoms with Crippen LogP contribution in [0.1, 0.15) is 19.3 Å². The molecule has 1 N–H and O–H groups in total. The summed E-state index contributed by atoms with van der Waals surface area (Å²) in [6, 6.07) is -0.0778. The van der Waals surface area contributed by atoms with Crippen molar-refractivity contribution in [3.05, 3.63) is 11.2 Å². The average Bonchev–Trinajstić information content (AvgIpc) is 2.74. The van der Waals surface area contributed by atoms with Crippen LogP contribution < -0.4 is 4.72 Å². The number of hydrogen-bond acceptors (Lipinski definition) is 3. The van der Waals surface area contributed by atoms with Crippen LogP contribution in [0, 0.1) is 0 Å². The van der Waals surface area contributed by atoms with E-state index < -0.39 is 10.0 Å². The lowest BCUT2D eigenvalue weighted by molar-refractivity contribution is 0.541. The third kappa shape index (κ3) is 2.67. The molecule has 2 atom stereocenters. The fraction of sp³-hybridized carbons (Fsp3) is 0.667. The zero-order valence-corrected chi connectivity index (χ0v) is 12.4. The predicted octanol–water partition coefficient (Wildman–Crippen LogP) is 1.67. The molecule has 1 aliphatic rings. The Morgan fingerprint density at radius 2 is 2.29 bits per heavy atom. The van der Waals surface area contributed by atoms with Gasteiger partial charge in [-0.2, -0.15) is 5.10 Å². The molecule has 0 radical (unpaired) electrons. The molecule has 0 saturated heterocycles. The summed E-state index contributed by atoms with van der Waals surface area (Å²) in [5.74, 6) is 0. The van der Waals surface area contributed by atoms with Gasteiger partial charge in [-0.1, -0.05) is 34.0 Å². The molecule has 96 valence electrons. The van der Waals surface area contributed by atoms with Crippen LogP contribution in [0.2, 0.25) is 5.02 Å². The van der Waals surface area contributed by atoms with E-state index in [-0.39, 0.29) is 20.9 Å². The summed E-state index contributed by atoms with van der Waals surface area (Å²) in [4.78, 5) is 0.185. The molecule has 2 unspecified atom stereocenters. The minimum Gasteiger partial charge on any atom is -0.255 e. The minimum absolute atomic E-state index is 0.0192. The van der Waals surface area contributed by atoms with Crippen molar-refractivity contribution < 1.29 is 8.42 Å². The molecular formula is C9H13BrClN3O2S. The van der Waals surface area contributed by atoms with Gasteiger partial charge in [0.1, 0.15) is 0 Å². The summed E-state index contributed by atoms with van der Waals surface area (Å²) in [5.41, 5.74) is 0. The Hall–Kier alpha value is -0.110. The van der Waals surface area contributed by atoms with E-state index >= 15 is 0 Å². The molecule has 5 nitrogen and oxygen atoms in total. The van der Waals surface area contributed by atoms with Crippen LogP contribution in [0.5, 0.6) is 0 Å². The summed E-state index contributed by atoms with van der Waals surface area (Å²) in [6.45, 7) is 0. The molecule has 1 saturated carbocycles. The van der Waals surface area contributed by atoms with E-state index in [1.54, 1.807) is 7.05 Å². The van der Waals surface area contributed by atoms with Gasteiger partial charge in [0.05, 0.1) is 11.2 Å². The van der Waals surface area contributed by atoms with Crippen molar-refractivity contribution in [3.8, 4) is 0 Å². The normalized spacial score (nSPS) is 25.4. The summed E-state index contributed by atoms with van der Waals surface area (Å²) in [7, 11) is -2.05. The third-order valence-electron chi connectivity index (χ3n) is 2.84. The topological polar surface area (TPSA) is 64.0 Å². The second-order valence-corrected chi connectivity index (χ2v) is 7.31. The van der Waals surface area contributed by atoms with Crippen LogP contribution in [0.4, 0.5) is 0 Å². The van der Waals surface area contributed by atoms with E-state index in [1.165, 1.54) is 10.9 Å². The van der Waals surface area contributed by atoms with Crippen LogP contribution in [-0.4, -0.2) is 29.1 Å². The number of alkyl halides is 1. The molecule has 0 spiro atoms. The van der Waals surface area contributed by atoms with Gasteiger partial charge in [0.2, 0.25) is 0 Å². The van der Waals surface area contributed by atoms with Crippen molar-refractivity contribution >= 4 is 37.6 Å².